The van der Waals surface area contributed by atoms with Crippen molar-refractivity contribution in [2.24, 2.45) is 23.7 Å². The zero-order chi connectivity index (χ0) is 15.2. The van der Waals surface area contributed by atoms with Crippen LogP contribution in [0.5, 0.6) is 0 Å². The topological polar surface area (TPSA) is 58.9 Å². The van der Waals surface area contributed by atoms with E-state index in [-0.39, 0.29) is 18.0 Å². The van der Waals surface area contributed by atoms with Gasteiger partial charge in [-0.15, -0.1) is 0 Å². The number of aliphatic hydroxyl groups is 2. The molecular weight excluding hydrogens is 280 g/mol. The van der Waals surface area contributed by atoms with Gasteiger partial charge in [-0.3, -0.25) is 0 Å². The summed E-state index contributed by atoms with van der Waals surface area (Å²) < 4.78 is 11.7. The third-order valence-corrected chi connectivity index (χ3v) is 6.88. The van der Waals surface area contributed by atoms with E-state index in [1.165, 1.54) is 32.1 Å². The summed E-state index contributed by atoms with van der Waals surface area (Å²) in [4.78, 5) is 0. The Morgan fingerprint density at radius 3 is 2.55 bits per heavy atom. The fraction of sp³-hybridized carbons (Fsp3) is 1.00. The fourth-order valence-corrected chi connectivity index (χ4v) is 5.55. The SMILES string of the molecule is OC(CCC1CC2C(CC23OCCO3)C1O)C1CCCCC1. The third-order valence-electron chi connectivity index (χ3n) is 6.88. The summed E-state index contributed by atoms with van der Waals surface area (Å²) in [5, 5.41) is 21.0. The molecule has 1 saturated heterocycles. The van der Waals surface area contributed by atoms with Crippen LogP contribution in [0, 0.1) is 23.7 Å². The molecule has 1 heterocycles. The molecule has 3 aliphatic carbocycles. The molecule has 4 rings (SSSR count). The average molecular weight is 310 g/mol. The van der Waals surface area contributed by atoms with Gasteiger partial charge < -0.3 is 19.7 Å². The summed E-state index contributed by atoms with van der Waals surface area (Å²) in [7, 11) is 0. The maximum Gasteiger partial charge on any atom is 0.172 e. The lowest BCUT2D eigenvalue weighted by Gasteiger charge is -2.48. The maximum absolute atomic E-state index is 10.6. The summed E-state index contributed by atoms with van der Waals surface area (Å²) in [6.07, 6.45) is 9.52. The van der Waals surface area contributed by atoms with E-state index >= 15 is 0 Å². The van der Waals surface area contributed by atoms with E-state index in [1.807, 2.05) is 0 Å². The average Bonchev–Trinajstić information content (AvgIpc) is 3.12. The second-order valence-corrected chi connectivity index (χ2v) is 8.01. The van der Waals surface area contributed by atoms with E-state index in [0.29, 0.717) is 36.9 Å². The molecule has 0 aromatic carbocycles. The molecule has 2 N–H and O–H groups in total. The van der Waals surface area contributed by atoms with E-state index < -0.39 is 0 Å². The van der Waals surface area contributed by atoms with Gasteiger partial charge in [0.1, 0.15) is 0 Å². The van der Waals surface area contributed by atoms with E-state index in [0.717, 1.165) is 25.7 Å². The molecule has 1 aliphatic heterocycles. The highest BCUT2D eigenvalue weighted by atomic mass is 16.7. The predicted molar refractivity (Wildman–Crippen MR) is 82.2 cm³/mol. The Hall–Kier alpha value is -0.160. The standard InChI is InChI=1S/C18H30O4/c19-16(12-4-2-1-3-5-12)7-6-13-10-15-14(17(13)20)11-18(15)21-8-9-22-18/h12-17,19-20H,1-11H2. The van der Waals surface area contributed by atoms with E-state index in [2.05, 4.69) is 0 Å². The first-order valence-corrected chi connectivity index (χ1v) is 9.34. The number of rotatable bonds is 4. The minimum Gasteiger partial charge on any atom is -0.393 e. The number of aliphatic hydroxyl groups excluding tert-OH is 2. The molecule has 0 aromatic heterocycles. The molecule has 4 aliphatic rings. The van der Waals surface area contributed by atoms with Crippen LogP contribution in [0.2, 0.25) is 0 Å². The van der Waals surface area contributed by atoms with Gasteiger partial charge in [0.15, 0.2) is 5.79 Å². The van der Waals surface area contributed by atoms with Crippen molar-refractivity contribution >= 4 is 0 Å². The molecule has 1 spiro atoms. The monoisotopic (exact) mass is 310 g/mol. The van der Waals surface area contributed by atoms with Gasteiger partial charge in [-0.25, -0.2) is 0 Å². The second kappa shape index (κ2) is 6.04. The lowest BCUT2D eigenvalue weighted by molar-refractivity contribution is -0.275. The highest BCUT2D eigenvalue weighted by molar-refractivity contribution is 5.08. The van der Waals surface area contributed by atoms with E-state index in [9.17, 15) is 10.2 Å². The minimum absolute atomic E-state index is 0.168. The van der Waals surface area contributed by atoms with Gasteiger partial charge in [0.05, 0.1) is 25.4 Å². The van der Waals surface area contributed by atoms with Crippen LogP contribution in [0.3, 0.4) is 0 Å². The summed E-state index contributed by atoms with van der Waals surface area (Å²) in [6, 6.07) is 0. The van der Waals surface area contributed by atoms with Gasteiger partial charge in [0.2, 0.25) is 0 Å². The van der Waals surface area contributed by atoms with Crippen molar-refractivity contribution in [3.05, 3.63) is 0 Å². The van der Waals surface area contributed by atoms with Crippen molar-refractivity contribution in [1.82, 2.24) is 0 Å². The van der Waals surface area contributed by atoms with Crippen LogP contribution in [0.4, 0.5) is 0 Å². The zero-order valence-corrected chi connectivity index (χ0v) is 13.5. The Labute approximate surface area is 133 Å². The largest absolute Gasteiger partial charge is 0.393 e. The number of hydrogen-bond donors (Lipinski definition) is 2. The van der Waals surface area contributed by atoms with Crippen LogP contribution in [0.1, 0.15) is 57.8 Å². The van der Waals surface area contributed by atoms with Crippen LogP contribution in [-0.2, 0) is 9.47 Å². The second-order valence-electron chi connectivity index (χ2n) is 8.01. The predicted octanol–water partition coefficient (Wildman–Crippen LogP) is 2.47. The molecular formula is C18H30O4. The Kier molecular flexibility index (Phi) is 4.22. The molecule has 22 heavy (non-hydrogen) atoms. The summed E-state index contributed by atoms with van der Waals surface area (Å²) in [5.41, 5.74) is 0. The third kappa shape index (κ3) is 2.52. The van der Waals surface area contributed by atoms with Gasteiger partial charge in [0, 0.05) is 12.3 Å². The molecule has 3 saturated carbocycles. The number of ether oxygens (including phenoxy) is 2. The lowest BCUT2D eigenvalue weighted by atomic mass is 9.69. The zero-order valence-electron chi connectivity index (χ0n) is 13.5. The molecule has 126 valence electrons. The van der Waals surface area contributed by atoms with E-state index in [1.54, 1.807) is 0 Å². The van der Waals surface area contributed by atoms with Gasteiger partial charge in [-0.2, -0.15) is 0 Å². The summed E-state index contributed by atoms with van der Waals surface area (Å²) in [5.74, 6) is 1.19. The van der Waals surface area contributed by atoms with Gasteiger partial charge >= 0.3 is 0 Å². The molecule has 0 radical (unpaired) electrons. The van der Waals surface area contributed by atoms with Crippen LogP contribution >= 0.6 is 0 Å². The number of fused-ring (bicyclic) bond motifs is 2. The molecule has 0 aromatic rings. The van der Waals surface area contributed by atoms with Gasteiger partial charge in [0.25, 0.3) is 0 Å². The van der Waals surface area contributed by atoms with Gasteiger partial charge in [-0.05, 0) is 49.9 Å². The highest BCUT2D eigenvalue weighted by Crippen LogP contribution is 2.59. The maximum atomic E-state index is 10.6. The van der Waals surface area contributed by atoms with Crippen LogP contribution < -0.4 is 0 Å². The van der Waals surface area contributed by atoms with E-state index in [4.69, 9.17) is 9.47 Å². The first kappa shape index (κ1) is 15.4. The van der Waals surface area contributed by atoms with Crippen molar-refractivity contribution in [3.63, 3.8) is 0 Å². The van der Waals surface area contributed by atoms with Gasteiger partial charge in [-0.1, -0.05) is 19.3 Å². The summed E-state index contributed by atoms with van der Waals surface area (Å²) in [6.45, 7) is 1.40. The smallest absolute Gasteiger partial charge is 0.172 e. The Balaban J connectivity index is 1.28. The van der Waals surface area contributed by atoms with Crippen LogP contribution in [0.15, 0.2) is 0 Å². The highest BCUT2D eigenvalue weighted by Gasteiger charge is 2.64. The van der Waals surface area contributed by atoms with Crippen molar-refractivity contribution in [2.75, 3.05) is 13.2 Å². The fourth-order valence-electron chi connectivity index (χ4n) is 5.55. The molecule has 4 fully saturated rings. The Bertz CT molecular complexity index is 387. The van der Waals surface area contributed by atoms with Crippen LogP contribution in [0.25, 0.3) is 0 Å². The molecule has 0 amide bonds. The number of hydrogen-bond acceptors (Lipinski definition) is 4. The first-order chi connectivity index (χ1) is 10.7. The quantitative estimate of drug-likeness (QED) is 0.837. The first-order valence-electron chi connectivity index (χ1n) is 9.34. The molecule has 4 heteroatoms. The molecule has 5 unspecified atom stereocenters. The Morgan fingerprint density at radius 1 is 1.09 bits per heavy atom. The van der Waals surface area contributed by atoms with Crippen molar-refractivity contribution < 1.29 is 19.7 Å². The van der Waals surface area contributed by atoms with Crippen LogP contribution in [-0.4, -0.2) is 41.4 Å². The molecule has 0 bridgehead atoms. The molecule has 5 atom stereocenters. The Morgan fingerprint density at radius 2 is 1.82 bits per heavy atom. The lowest BCUT2D eigenvalue weighted by Crippen LogP contribution is -2.54. The van der Waals surface area contributed by atoms with Crippen molar-refractivity contribution in [3.8, 4) is 0 Å². The minimum atomic E-state index is -0.359. The summed E-state index contributed by atoms with van der Waals surface area (Å²) >= 11 is 0. The normalized spacial score (nSPS) is 42.3. The molecule has 4 nitrogen and oxygen atoms in total. The van der Waals surface area contributed by atoms with Crippen molar-refractivity contribution in [1.29, 1.82) is 0 Å². The van der Waals surface area contributed by atoms with Crippen molar-refractivity contribution in [2.45, 2.75) is 75.8 Å².